The first-order valence-corrected chi connectivity index (χ1v) is 8.55. The van der Waals surface area contributed by atoms with Gasteiger partial charge in [0, 0.05) is 29.9 Å². The van der Waals surface area contributed by atoms with Crippen LogP contribution in [-0.2, 0) is 6.42 Å². The summed E-state index contributed by atoms with van der Waals surface area (Å²) in [6, 6.07) is 8.35. The molecule has 0 saturated heterocycles. The molecule has 0 fully saturated rings. The molecule has 0 bridgehead atoms. The highest BCUT2D eigenvalue weighted by atomic mass is 127. The van der Waals surface area contributed by atoms with Crippen LogP contribution >= 0.6 is 65.8 Å². The Hall–Kier alpha value is 0.570. The topological polar surface area (TPSA) is 26.0 Å². The molecule has 2 N–H and O–H groups in total. The van der Waals surface area contributed by atoms with Gasteiger partial charge in [-0.25, -0.2) is 0 Å². The molecule has 0 aliphatic carbocycles. The van der Waals surface area contributed by atoms with Crippen LogP contribution in [0.3, 0.4) is 0 Å². The Morgan fingerprint density at radius 3 is 2.65 bits per heavy atom. The predicted octanol–water partition coefficient (Wildman–Crippen LogP) is 5.12. The van der Waals surface area contributed by atoms with Crippen LogP contribution in [0.15, 0.2) is 38.6 Å². The molecular formula is C12H10Br2INS. The van der Waals surface area contributed by atoms with E-state index in [1.54, 1.807) is 11.3 Å². The predicted molar refractivity (Wildman–Crippen MR) is 89.5 cm³/mol. The number of hydrogen-bond acceptors (Lipinski definition) is 2. The fourth-order valence-corrected chi connectivity index (χ4v) is 4.21. The van der Waals surface area contributed by atoms with Crippen LogP contribution in [0, 0.1) is 3.57 Å². The summed E-state index contributed by atoms with van der Waals surface area (Å²) in [5.41, 5.74) is 7.44. The fraction of sp³-hybridized carbons (Fsp3) is 0.167. The number of benzene rings is 1. The minimum absolute atomic E-state index is 0.0223. The van der Waals surface area contributed by atoms with E-state index in [1.807, 2.05) is 0 Å². The van der Waals surface area contributed by atoms with E-state index in [-0.39, 0.29) is 6.04 Å². The van der Waals surface area contributed by atoms with Crippen LogP contribution in [0.5, 0.6) is 0 Å². The summed E-state index contributed by atoms with van der Waals surface area (Å²) < 4.78 is 3.44. The molecule has 1 unspecified atom stereocenters. The van der Waals surface area contributed by atoms with Crippen molar-refractivity contribution in [1.82, 2.24) is 0 Å². The monoisotopic (exact) mass is 485 g/mol. The van der Waals surface area contributed by atoms with E-state index in [1.165, 1.54) is 8.45 Å². The first-order valence-electron chi connectivity index (χ1n) is 5.00. The van der Waals surface area contributed by atoms with Crippen molar-refractivity contribution in [2.24, 2.45) is 5.73 Å². The van der Waals surface area contributed by atoms with Crippen LogP contribution in [0.25, 0.3) is 0 Å². The van der Waals surface area contributed by atoms with Gasteiger partial charge in [0.05, 0.1) is 0 Å². The highest BCUT2D eigenvalue weighted by Gasteiger charge is 2.13. The third-order valence-electron chi connectivity index (χ3n) is 2.45. The first kappa shape index (κ1) is 14.0. The molecule has 0 aliphatic heterocycles. The summed E-state index contributed by atoms with van der Waals surface area (Å²) in [6.07, 6.45) is 0.858. The van der Waals surface area contributed by atoms with Crippen molar-refractivity contribution >= 4 is 65.8 Å². The Kier molecular flexibility index (Phi) is 5.06. The summed E-state index contributed by atoms with van der Waals surface area (Å²) in [6.45, 7) is 0. The van der Waals surface area contributed by atoms with Gasteiger partial charge in [-0.05, 0) is 73.7 Å². The molecule has 1 heterocycles. The summed E-state index contributed by atoms with van der Waals surface area (Å²) in [7, 11) is 0. The van der Waals surface area contributed by atoms with Gasteiger partial charge in [0.2, 0.25) is 0 Å². The maximum absolute atomic E-state index is 6.28. The van der Waals surface area contributed by atoms with E-state index in [2.05, 4.69) is 84.1 Å². The molecule has 0 spiro atoms. The largest absolute Gasteiger partial charge is 0.324 e. The maximum Gasteiger partial charge on any atom is 0.0355 e. The van der Waals surface area contributed by atoms with Gasteiger partial charge in [0.25, 0.3) is 0 Å². The average molecular weight is 487 g/mol. The molecule has 1 aromatic heterocycles. The number of nitrogens with two attached hydrogens (primary N) is 1. The van der Waals surface area contributed by atoms with Crippen LogP contribution in [-0.4, -0.2) is 0 Å². The molecular weight excluding hydrogens is 477 g/mol. The summed E-state index contributed by atoms with van der Waals surface area (Å²) in [4.78, 5) is 1.29. The summed E-state index contributed by atoms with van der Waals surface area (Å²) >= 11 is 11.2. The quantitative estimate of drug-likeness (QED) is 0.599. The zero-order valence-electron chi connectivity index (χ0n) is 8.79. The van der Waals surface area contributed by atoms with Gasteiger partial charge in [0.15, 0.2) is 0 Å². The lowest BCUT2D eigenvalue weighted by Gasteiger charge is -2.14. The number of thiophene rings is 1. The molecule has 0 saturated carbocycles. The number of hydrogen-bond donors (Lipinski definition) is 1. The Labute approximate surface area is 135 Å². The fourth-order valence-electron chi connectivity index (χ4n) is 1.58. The van der Waals surface area contributed by atoms with Gasteiger partial charge in [-0.1, -0.05) is 15.9 Å². The third kappa shape index (κ3) is 3.53. The van der Waals surface area contributed by atoms with Crippen molar-refractivity contribution in [3.8, 4) is 0 Å². The second-order valence-electron chi connectivity index (χ2n) is 3.67. The molecule has 0 radical (unpaired) electrons. The number of halogens is 3. The lowest BCUT2D eigenvalue weighted by Crippen LogP contribution is -2.13. The molecule has 90 valence electrons. The molecule has 2 rings (SSSR count). The molecule has 0 aliphatic rings. The van der Waals surface area contributed by atoms with Crippen LogP contribution in [0.4, 0.5) is 0 Å². The lowest BCUT2D eigenvalue weighted by atomic mass is 10.0. The normalized spacial score (nSPS) is 12.7. The van der Waals surface area contributed by atoms with Gasteiger partial charge in [-0.15, -0.1) is 11.3 Å². The highest BCUT2D eigenvalue weighted by molar-refractivity contribution is 14.1. The molecule has 2 aromatic rings. The van der Waals surface area contributed by atoms with Gasteiger partial charge in [0.1, 0.15) is 0 Å². The van der Waals surface area contributed by atoms with Gasteiger partial charge >= 0.3 is 0 Å². The molecule has 1 atom stereocenters. The van der Waals surface area contributed by atoms with Crippen molar-refractivity contribution < 1.29 is 0 Å². The van der Waals surface area contributed by atoms with Crippen molar-refractivity contribution in [1.29, 1.82) is 0 Å². The zero-order valence-corrected chi connectivity index (χ0v) is 14.9. The van der Waals surface area contributed by atoms with E-state index in [0.717, 1.165) is 20.9 Å². The van der Waals surface area contributed by atoms with E-state index >= 15 is 0 Å². The molecule has 1 nitrogen and oxygen atoms in total. The summed E-state index contributed by atoms with van der Waals surface area (Å²) in [5, 5.41) is 2.08. The zero-order chi connectivity index (χ0) is 12.4. The average Bonchev–Trinajstić information content (AvgIpc) is 2.68. The van der Waals surface area contributed by atoms with Crippen molar-refractivity contribution in [2.45, 2.75) is 12.5 Å². The van der Waals surface area contributed by atoms with E-state index in [9.17, 15) is 0 Å². The van der Waals surface area contributed by atoms with E-state index in [0.29, 0.717) is 0 Å². The lowest BCUT2D eigenvalue weighted by molar-refractivity contribution is 0.724. The van der Waals surface area contributed by atoms with Crippen molar-refractivity contribution in [2.75, 3.05) is 0 Å². The Bertz CT molecular complexity index is 527. The molecule has 17 heavy (non-hydrogen) atoms. The SMILES string of the molecule is NC(Cc1sccc1Br)c1cc(I)ccc1Br. The third-order valence-corrected chi connectivity index (χ3v) is 5.80. The number of rotatable bonds is 3. The molecule has 0 amide bonds. The first-order chi connectivity index (χ1) is 8.08. The molecule has 5 heteroatoms. The maximum atomic E-state index is 6.28. The summed E-state index contributed by atoms with van der Waals surface area (Å²) in [5.74, 6) is 0. The van der Waals surface area contributed by atoms with Gasteiger partial charge in [-0.3, -0.25) is 0 Å². The van der Waals surface area contributed by atoms with Crippen molar-refractivity contribution in [3.63, 3.8) is 0 Å². The van der Waals surface area contributed by atoms with E-state index in [4.69, 9.17) is 5.73 Å². The van der Waals surface area contributed by atoms with E-state index < -0.39 is 0 Å². The van der Waals surface area contributed by atoms with Crippen molar-refractivity contribution in [3.05, 3.63) is 52.6 Å². The van der Waals surface area contributed by atoms with Crippen LogP contribution in [0.1, 0.15) is 16.5 Å². The minimum Gasteiger partial charge on any atom is -0.324 e. The standard InChI is InChI=1S/C12H10Br2INS/c13-9-2-1-7(15)5-8(9)11(16)6-12-10(14)3-4-17-12/h1-5,11H,6,16H2. The Morgan fingerprint density at radius 1 is 1.24 bits per heavy atom. The van der Waals surface area contributed by atoms with Gasteiger partial charge in [-0.2, -0.15) is 0 Å². The Balaban J connectivity index is 2.23. The van der Waals surface area contributed by atoms with Crippen LogP contribution in [0.2, 0.25) is 0 Å². The smallest absolute Gasteiger partial charge is 0.0355 e. The second kappa shape index (κ2) is 6.14. The Morgan fingerprint density at radius 2 is 2.00 bits per heavy atom. The van der Waals surface area contributed by atoms with Gasteiger partial charge < -0.3 is 5.73 Å². The second-order valence-corrected chi connectivity index (χ2v) is 7.62. The molecule has 1 aromatic carbocycles. The minimum atomic E-state index is 0.0223. The highest BCUT2D eigenvalue weighted by Crippen LogP contribution is 2.30. The van der Waals surface area contributed by atoms with Crippen LogP contribution < -0.4 is 5.73 Å².